The van der Waals surface area contributed by atoms with Crippen LogP contribution in [0, 0.1) is 34.5 Å². The molecule has 1 saturated carbocycles. The number of hydrogen-bond donors (Lipinski definition) is 0. The van der Waals surface area contributed by atoms with Crippen LogP contribution in [0.5, 0.6) is 0 Å². The van der Waals surface area contributed by atoms with E-state index in [1.807, 2.05) is 6.92 Å². The normalized spacial score (nSPS) is 38.0. The van der Waals surface area contributed by atoms with Gasteiger partial charge in [0, 0.05) is 17.3 Å². The maximum atomic E-state index is 11.7. The van der Waals surface area contributed by atoms with E-state index in [1.54, 1.807) is 0 Å². The second kappa shape index (κ2) is 3.52. The lowest BCUT2D eigenvalue weighted by Crippen LogP contribution is -2.60. The van der Waals surface area contributed by atoms with Crippen molar-refractivity contribution < 1.29 is 9.53 Å². The first-order valence-electron chi connectivity index (χ1n) is 6.10. The predicted octanol–water partition coefficient (Wildman–Crippen LogP) is 2.63. The Bertz CT molecular complexity index is 372. The first-order valence-corrected chi connectivity index (χ1v) is 6.10. The van der Waals surface area contributed by atoms with Crippen LogP contribution in [0.25, 0.3) is 0 Å². The summed E-state index contributed by atoms with van der Waals surface area (Å²) in [7, 11) is 0. The molecule has 3 aliphatic rings. The van der Waals surface area contributed by atoms with E-state index in [4.69, 9.17) is 4.74 Å². The van der Waals surface area contributed by atoms with Gasteiger partial charge in [-0.1, -0.05) is 32.6 Å². The van der Waals surface area contributed by atoms with Crippen molar-refractivity contribution in [2.45, 2.75) is 40.5 Å². The molecule has 3 aliphatic carbocycles. The van der Waals surface area contributed by atoms with Gasteiger partial charge in [0.2, 0.25) is 0 Å². The fraction of sp³-hybridized carbons (Fsp3) is 0.786. The van der Waals surface area contributed by atoms with E-state index in [-0.39, 0.29) is 16.8 Å². The Morgan fingerprint density at radius 3 is 2.62 bits per heavy atom. The van der Waals surface area contributed by atoms with Crippen LogP contribution in [0.3, 0.4) is 0 Å². The van der Waals surface area contributed by atoms with Crippen LogP contribution in [0.1, 0.15) is 40.5 Å². The largest absolute Gasteiger partial charge is 0.466 e. The average Bonchev–Trinajstić information content (AvgIpc) is 2.20. The van der Waals surface area contributed by atoms with Gasteiger partial charge < -0.3 is 4.74 Å². The summed E-state index contributed by atoms with van der Waals surface area (Å²) >= 11 is 0. The zero-order chi connectivity index (χ0) is 12.0. The van der Waals surface area contributed by atoms with Crippen molar-refractivity contribution in [1.29, 1.82) is 0 Å². The monoisotopic (exact) mass is 220 g/mol. The summed E-state index contributed by atoms with van der Waals surface area (Å²) in [4.78, 5) is 11.7. The highest BCUT2D eigenvalue weighted by atomic mass is 16.5. The SMILES string of the molecule is CCOC(=O)CC12CC(C#CC1C)C2(C)C. The van der Waals surface area contributed by atoms with Crippen molar-refractivity contribution in [3.8, 4) is 11.8 Å². The molecule has 1 fully saturated rings. The second-order valence-corrected chi connectivity index (χ2v) is 5.63. The Morgan fingerprint density at radius 2 is 2.12 bits per heavy atom. The summed E-state index contributed by atoms with van der Waals surface area (Å²) in [6.07, 6.45) is 1.59. The molecule has 88 valence electrons. The standard InChI is InChI=1S/C14H20O2/c1-5-16-12(15)9-14-8-11(13(14,3)4)7-6-10(14)2/h10-11H,5,8-9H2,1-4H3. The van der Waals surface area contributed by atoms with Crippen LogP contribution in [0.2, 0.25) is 0 Å². The Kier molecular flexibility index (Phi) is 2.53. The number of ether oxygens (including phenoxy) is 1. The molecule has 2 heteroatoms. The Balaban J connectivity index is 2.19. The molecule has 16 heavy (non-hydrogen) atoms. The summed E-state index contributed by atoms with van der Waals surface area (Å²) in [5.41, 5.74) is 0.208. The molecule has 0 amide bonds. The molecule has 0 aromatic carbocycles. The van der Waals surface area contributed by atoms with Crippen molar-refractivity contribution in [1.82, 2.24) is 0 Å². The first-order chi connectivity index (χ1) is 7.44. The van der Waals surface area contributed by atoms with Gasteiger partial charge in [-0.05, 0) is 18.8 Å². The van der Waals surface area contributed by atoms with E-state index in [0.29, 0.717) is 24.9 Å². The first kappa shape index (κ1) is 11.5. The zero-order valence-electron chi connectivity index (χ0n) is 10.6. The van der Waals surface area contributed by atoms with E-state index in [0.717, 1.165) is 6.42 Å². The number of hydrogen-bond acceptors (Lipinski definition) is 2. The molecular weight excluding hydrogens is 200 g/mol. The van der Waals surface area contributed by atoms with Crippen molar-refractivity contribution in [2.24, 2.45) is 22.7 Å². The maximum Gasteiger partial charge on any atom is 0.306 e. The van der Waals surface area contributed by atoms with E-state index in [9.17, 15) is 4.79 Å². The van der Waals surface area contributed by atoms with Crippen LogP contribution >= 0.6 is 0 Å². The smallest absolute Gasteiger partial charge is 0.306 e. The van der Waals surface area contributed by atoms with Crippen molar-refractivity contribution in [3.05, 3.63) is 0 Å². The van der Waals surface area contributed by atoms with Crippen LogP contribution in [0.4, 0.5) is 0 Å². The molecular formula is C14H20O2. The third-order valence-electron chi connectivity index (χ3n) is 4.79. The third kappa shape index (κ3) is 1.30. The maximum absolute atomic E-state index is 11.7. The molecule has 3 rings (SSSR count). The number of esters is 1. The quantitative estimate of drug-likeness (QED) is 0.540. The van der Waals surface area contributed by atoms with Gasteiger partial charge in [-0.25, -0.2) is 0 Å². The highest BCUT2D eigenvalue weighted by Gasteiger charge is 2.63. The number of fused-ring (bicyclic) bond motifs is 1. The van der Waals surface area contributed by atoms with Gasteiger partial charge in [-0.15, -0.1) is 0 Å². The minimum absolute atomic E-state index is 0.0508. The average molecular weight is 220 g/mol. The molecule has 3 unspecified atom stereocenters. The Hall–Kier alpha value is -0.970. The lowest BCUT2D eigenvalue weighted by atomic mass is 9.39. The molecule has 0 aliphatic heterocycles. The van der Waals surface area contributed by atoms with E-state index in [2.05, 4.69) is 32.6 Å². The van der Waals surface area contributed by atoms with Gasteiger partial charge in [0.05, 0.1) is 13.0 Å². The predicted molar refractivity (Wildman–Crippen MR) is 62.5 cm³/mol. The highest BCUT2D eigenvalue weighted by Crippen LogP contribution is 2.67. The summed E-state index contributed by atoms with van der Waals surface area (Å²) in [5.74, 6) is 7.29. The fourth-order valence-corrected chi connectivity index (χ4v) is 3.35. The molecule has 0 aromatic rings. The topological polar surface area (TPSA) is 26.3 Å². The lowest BCUT2D eigenvalue weighted by Gasteiger charge is -2.63. The molecule has 0 aromatic heterocycles. The molecule has 0 radical (unpaired) electrons. The molecule has 0 heterocycles. The zero-order valence-corrected chi connectivity index (χ0v) is 10.6. The van der Waals surface area contributed by atoms with Gasteiger partial charge in [-0.3, -0.25) is 4.79 Å². The van der Waals surface area contributed by atoms with E-state index < -0.39 is 0 Å². The molecule has 0 saturated heterocycles. The van der Waals surface area contributed by atoms with E-state index >= 15 is 0 Å². The second-order valence-electron chi connectivity index (χ2n) is 5.63. The number of carbonyl (C=O) groups is 1. The Labute approximate surface area is 97.7 Å². The molecule has 0 N–H and O–H groups in total. The van der Waals surface area contributed by atoms with Crippen LogP contribution in [-0.4, -0.2) is 12.6 Å². The minimum atomic E-state index is -0.0652. The highest BCUT2D eigenvalue weighted by molar-refractivity contribution is 5.71. The van der Waals surface area contributed by atoms with E-state index in [1.165, 1.54) is 0 Å². The van der Waals surface area contributed by atoms with Gasteiger partial charge in [0.1, 0.15) is 0 Å². The van der Waals surface area contributed by atoms with Crippen LogP contribution < -0.4 is 0 Å². The summed E-state index contributed by atoms with van der Waals surface area (Å²) in [6.45, 7) is 8.95. The van der Waals surface area contributed by atoms with Crippen molar-refractivity contribution >= 4 is 5.97 Å². The minimum Gasteiger partial charge on any atom is -0.466 e. The van der Waals surface area contributed by atoms with Crippen LogP contribution in [0.15, 0.2) is 0 Å². The molecule has 0 spiro atoms. The molecule has 2 nitrogen and oxygen atoms in total. The lowest BCUT2D eigenvalue weighted by molar-refractivity contribution is -0.168. The number of carbonyl (C=O) groups excluding carboxylic acids is 1. The van der Waals surface area contributed by atoms with Gasteiger partial charge in [0.25, 0.3) is 0 Å². The third-order valence-corrected chi connectivity index (χ3v) is 4.79. The summed E-state index contributed by atoms with van der Waals surface area (Å²) < 4.78 is 5.09. The fourth-order valence-electron chi connectivity index (χ4n) is 3.35. The van der Waals surface area contributed by atoms with Gasteiger partial charge in [0.15, 0.2) is 0 Å². The molecule has 2 bridgehead atoms. The molecule has 3 atom stereocenters. The Morgan fingerprint density at radius 1 is 1.44 bits per heavy atom. The van der Waals surface area contributed by atoms with Crippen molar-refractivity contribution in [3.63, 3.8) is 0 Å². The van der Waals surface area contributed by atoms with Gasteiger partial charge >= 0.3 is 5.97 Å². The summed E-state index contributed by atoms with van der Waals surface area (Å²) in [6, 6.07) is 0. The van der Waals surface area contributed by atoms with Gasteiger partial charge in [-0.2, -0.15) is 0 Å². The van der Waals surface area contributed by atoms with Crippen molar-refractivity contribution in [2.75, 3.05) is 6.61 Å². The number of rotatable bonds is 3. The van der Waals surface area contributed by atoms with Crippen LogP contribution in [-0.2, 0) is 9.53 Å². The summed E-state index contributed by atoms with van der Waals surface area (Å²) in [5, 5.41) is 0.